The second kappa shape index (κ2) is 4.55. The van der Waals surface area contributed by atoms with Crippen LogP contribution < -0.4 is 0 Å². The normalized spacial score (nSPS) is 13.9. The maximum absolute atomic E-state index is 9.84. The summed E-state index contributed by atoms with van der Waals surface area (Å²) in [6.07, 6.45) is 2.06. The van der Waals surface area contributed by atoms with E-state index in [-0.39, 0.29) is 5.92 Å². The van der Waals surface area contributed by atoms with Crippen LogP contribution in [0.4, 0.5) is 0 Å². The number of aliphatic hydroxyl groups excluding tert-OH is 1. The van der Waals surface area contributed by atoms with Crippen LogP contribution in [-0.2, 0) is 6.42 Å². The lowest BCUT2D eigenvalue weighted by molar-refractivity contribution is 0.0401. The van der Waals surface area contributed by atoms with Gasteiger partial charge in [0.15, 0.2) is 6.23 Å². The summed E-state index contributed by atoms with van der Waals surface area (Å²) in [7, 11) is 0. The van der Waals surface area contributed by atoms with Crippen molar-refractivity contribution in [2.24, 2.45) is 11.8 Å². The molecule has 1 N–H and O–H groups in total. The molecule has 0 aliphatic carbocycles. The molecule has 0 aliphatic heterocycles. The molecule has 4 heteroatoms. The van der Waals surface area contributed by atoms with Crippen LogP contribution in [0.3, 0.4) is 0 Å². The van der Waals surface area contributed by atoms with Gasteiger partial charge in [0, 0.05) is 0 Å². The standard InChI is InChI=1S/C10H19N3O/c1-7(2)5-9-6-11-12-13(9)10(14)8(3)4/h6-8,10,14H,5H2,1-4H3. The summed E-state index contributed by atoms with van der Waals surface area (Å²) in [6.45, 7) is 8.20. The van der Waals surface area contributed by atoms with Gasteiger partial charge in [0.2, 0.25) is 0 Å². The fourth-order valence-corrected chi connectivity index (χ4v) is 1.33. The lowest BCUT2D eigenvalue weighted by atomic mass is 10.1. The molecule has 0 aromatic carbocycles. The topological polar surface area (TPSA) is 50.9 Å². The monoisotopic (exact) mass is 197 g/mol. The van der Waals surface area contributed by atoms with Gasteiger partial charge >= 0.3 is 0 Å². The number of hydrogen-bond donors (Lipinski definition) is 1. The molecule has 1 unspecified atom stereocenters. The fourth-order valence-electron chi connectivity index (χ4n) is 1.33. The first-order valence-corrected chi connectivity index (χ1v) is 5.09. The minimum atomic E-state index is -0.564. The molecule has 0 bridgehead atoms. The molecule has 1 aromatic heterocycles. The smallest absolute Gasteiger partial charge is 0.151 e. The van der Waals surface area contributed by atoms with Crippen LogP contribution in [0.25, 0.3) is 0 Å². The Balaban J connectivity index is 2.81. The van der Waals surface area contributed by atoms with Gasteiger partial charge in [-0.2, -0.15) is 0 Å². The number of hydrogen-bond acceptors (Lipinski definition) is 3. The minimum Gasteiger partial charge on any atom is -0.371 e. The second-order valence-corrected chi connectivity index (χ2v) is 4.43. The van der Waals surface area contributed by atoms with Gasteiger partial charge < -0.3 is 5.11 Å². The van der Waals surface area contributed by atoms with Gasteiger partial charge in [-0.05, 0) is 18.3 Å². The van der Waals surface area contributed by atoms with E-state index in [0.717, 1.165) is 12.1 Å². The van der Waals surface area contributed by atoms with E-state index in [2.05, 4.69) is 24.2 Å². The zero-order chi connectivity index (χ0) is 10.7. The lowest BCUT2D eigenvalue weighted by Crippen LogP contribution is -2.19. The summed E-state index contributed by atoms with van der Waals surface area (Å²) >= 11 is 0. The van der Waals surface area contributed by atoms with Gasteiger partial charge in [-0.3, -0.25) is 0 Å². The van der Waals surface area contributed by atoms with Crippen molar-refractivity contribution < 1.29 is 5.11 Å². The average molecular weight is 197 g/mol. The molecule has 14 heavy (non-hydrogen) atoms. The van der Waals surface area contributed by atoms with Gasteiger partial charge in [-0.1, -0.05) is 32.9 Å². The minimum absolute atomic E-state index is 0.155. The molecular weight excluding hydrogens is 178 g/mol. The first kappa shape index (κ1) is 11.2. The maximum Gasteiger partial charge on any atom is 0.151 e. The van der Waals surface area contributed by atoms with Crippen LogP contribution in [0.15, 0.2) is 6.20 Å². The van der Waals surface area contributed by atoms with E-state index in [4.69, 9.17) is 0 Å². The Bertz CT molecular complexity index is 281. The first-order valence-electron chi connectivity index (χ1n) is 5.09. The van der Waals surface area contributed by atoms with Crippen molar-refractivity contribution in [3.63, 3.8) is 0 Å². The van der Waals surface area contributed by atoms with E-state index in [9.17, 15) is 5.11 Å². The van der Waals surface area contributed by atoms with Crippen molar-refractivity contribution >= 4 is 0 Å². The number of aromatic nitrogens is 3. The van der Waals surface area contributed by atoms with E-state index in [1.807, 2.05) is 13.8 Å². The Hall–Kier alpha value is -0.900. The number of rotatable bonds is 4. The van der Waals surface area contributed by atoms with Crippen molar-refractivity contribution in [3.8, 4) is 0 Å². The average Bonchev–Trinajstić information content (AvgIpc) is 2.49. The van der Waals surface area contributed by atoms with Crippen molar-refractivity contribution in [1.29, 1.82) is 0 Å². The summed E-state index contributed by atoms with van der Waals surface area (Å²) in [4.78, 5) is 0. The molecule has 4 nitrogen and oxygen atoms in total. The predicted octanol–water partition coefficient (Wildman–Crippen LogP) is 1.62. The highest BCUT2D eigenvalue weighted by atomic mass is 16.3. The molecule has 0 fully saturated rings. The van der Waals surface area contributed by atoms with Gasteiger partial charge in [-0.15, -0.1) is 5.10 Å². The number of aliphatic hydroxyl groups is 1. The molecular formula is C10H19N3O. The van der Waals surface area contributed by atoms with Crippen LogP contribution in [0.5, 0.6) is 0 Å². The third-order valence-electron chi connectivity index (χ3n) is 2.11. The van der Waals surface area contributed by atoms with E-state index < -0.39 is 6.23 Å². The van der Waals surface area contributed by atoms with Gasteiger partial charge in [0.1, 0.15) is 0 Å². The summed E-state index contributed by atoms with van der Waals surface area (Å²) in [5.74, 6) is 0.703. The third kappa shape index (κ3) is 2.54. The van der Waals surface area contributed by atoms with Gasteiger partial charge in [-0.25, -0.2) is 4.68 Å². The Morgan fingerprint density at radius 1 is 1.36 bits per heavy atom. The molecule has 1 heterocycles. The van der Waals surface area contributed by atoms with Crippen LogP contribution in [-0.4, -0.2) is 20.1 Å². The highest BCUT2D eigenvalue weighted by molar-refractivity contribution is 4.96. The zero-order valence-corrected chi connectivity index (χ0v) is 9.31. The summed E-state index contributed by atoms with van der Waals surface area (Å²) in [5, 5.41) is 17.6. The van der Waals surface area contributed by atoms with E-state index in [1.54, 1.807) is 10.9 Å². The largest absolute Gasteiger partial charge is 0.371 e. The summed E-state index contributed by atoms with van der Waals surface area (Å²) < 4.78 is 1.62. The molecule has 0 saturated carbocycles. The maximum atomic E-state index is 9.84. The van der Waals surface area contributed by atoms with Crippen LogP contribution in [0.2, 0.25) is 0 Å². The Kier molecular flexibility index (Phi) is 3.63. The van der Waals surface area contributed by atoms with Crippen molar-refractivity contribution in [1.82, 2.24) is 15.0 Å². The van der Waals surface area contributed by atoms with E-state index >= 15 is 0 Å². The SMILES string of the molecule is CC(C)Cc1cnnn1C(O)C(C)C. The number of nitrogens with zero attached hydrogens (tertiary/aromatic N) is 3. The molecule has 1 rings (SSSR count). The molecule has 1 aromatic rings. The molecule has 0 aliphatic rings. The van der Waals surface area contributed by atoms with Crippen molar-refractivity contribution in [3.05, 3.63) is 11.9 Å². The van der Waals surface area contributed by atoms with Crippen molar-refractivity contribution in [2.45, 2.75) is 40.3 Å². The second-order valence-electron chi connectivity index (χ2n) is 4.43. The fraction of sp³-hybridized carbons (Fsp3) is 0.800. The molecule has 80 valence electrons. The molecule has 0 spiro atoms. The van der Waals surface area contributed by atoms with E-state index in [0.29, 0.717) is 5.92 Å². The Labute approximate surface area is 84.9 Å². The Morgan fingerprint density at radius 3 is 2.50 bits per heavy atom. The summed E-state index contributed by atoms with van der Waals surface area (Å²) in [6, 6.07) is 0. The van der Waals surface area contributed by atoms with Gasteiger partial charge in [0.25, 0.3) is 0 Å². The van der Waals surface area contributed by atoms with Crippen LogP contribution >= 0.6 is 0 Å². The van der Waals surface area contributed by atoms with Crippen LogP contribution in [0, 0.1) is 11.8 Å². The van der Waals surface area contributed by atoms with Crippen molar-refractivity contribution in [2.75, 3.05) is 0 Å². The Morgan fingerprint density at radius 2 is 2.00 bits per heavy atom. The molecule has 0 saturated heterocycles. The van der Waals surface area contributed by atoms with Gasteiger partial charge in [0.05, 0.1) is 11.9 Å². The van der Waals surface area contributed by atoms with Crippen LogP contribution in [0.1, 0.15) is 39.6 Å². The third-order valence-corrected chi connectivity index (χ3v) is 2.11. The lowest BCUT2D eigenvalue weighted by Gasteiger charge is -2.17. The summed E-state index contributed by atoms with van der Waals surface area (Å²) in [5.41, 5.74) is 1.00. The molecule has 0 radical (unpaired) electrons. The van der Waals surface area contributed by atoms with E-state index in [1.165, 1.54) is 0 Å². The quantitative estimate of drug-likeness (QED) is 0.798. The highest BCUT2D eigenvalue weighted by Crippen LogP contribution is 2.16. The predicted molar refractivity (Wildman–Crippen MR) is 54.7 cm³/mol. The zero-order valence-electron chi connectivity index (χ0n) is 9.31. The molecule has 0 amide bonds. The first-order chi connectivity index (χ1) is 6.52. The highest BCUT2D eigenvalue weighted by Gasteiger charge is 2.16. The molecule has 1 atom stereocenters.